The first-order valence-corrected chi connectivity index (χ1v) is 12.4. The zero-order chi connectivity index (χ0) is 21.0. The summed E-state index contributed by atoms with van der Waals surface area (Å²) in [6.45, 7) is 8.43. The topological polar surface area (TPSA) is 57.7 Å². The second kappa shape index (κ2) is 7.24. The molecule has 2 aliphatic heterocycles. The van der Waals surface area contributed by atoms with Gasteiger partial charge in [0.1, 0.15) is 0 Å². The van der Waals surface area contributed by atoms with Gasteiger partial charge in [-0.1, -0.05) is 32.4 Å². The number of fused-ring (bicyclic) bond motifs is 2. The van der Waals surface area contributed by atoms with Crippen LogP contribution in [0.2, 0.25) is 5.02 Å². The molecule has 2 heterocycles. The number of carbonyl (C=O) groups excluding carboxylic acids is 1. The maximum absolute atomic E-state index is 13.4. The number of piperidine rings is 1. The van der Waals surface area contributed by atoms with Gasteiger partial charge < -0.3 is 4.90 Å². The van der Waals surface area contributed by atoms with Crippen molar-refractivity contribution in [1.82, 2.24) is 9.21 Å². The lowest BCUT2D eigenvalue weighted by Gasteiger charge is -2.40. The Hall–Kier alpha value is -1.11. The van der Waals surface area contributed by atoms with Crippen LogP contribution in [0.3, 0.4) is 0 Å². The third-order valence-corrected chi connectivity index (χ3v) is 9.01. The Balaban J connectivity index is 1.50. The predicted octanol–water partition coefficient (Wildman–Crippen LogP) is 4.17. The van der Waals surface area contributed by atoms with Crippen molar-refractivity contribution in [3.05, 3.63) is 29.3 Å². The minimum Gasteiger partial charge on any atom is -0.339 e. The smallest absolute Gasteiger partial charge is 0.243 e. The molecule has 3 fully saturated rings. The number of nitrogens with zero attached hydrogens (tertiary/aromatic N) is 2. The van der Waals surface area contributed by atoms with Crippen molar-refractivity contribution >= 4 is 27.5 Å². The van der Waals surface area contributed by atoms with Gasteiger partial charge in [-0.25, -0.2) is 8.42 Å². The van der Waals surface area contributed by atoms with E-state index in [1.165, 1.54) is 16.4 Å². The van der Waals surface area contributed by atoms with E-state index >= 15 is 0 Å². The molecule has 4 rings (SSSR count). The summed E-state index contributed by atoms with van der Waals surface area (Å²) >= 11 is 5.90. The van der Waals surface area contributed by atoms with Gasteiger partial charge in [0.05, 0.1) is 10.8 Å². The quantitative estimate of drug-likeness (QED) is 0.711. The molecule has 0 unspecified atom stereocenters. The van der Waals surface area contributed by atoms with Crippen LogP contribution in [0.5, 0.6) is 0 Å². The summed E-state index contributed by atoms with van der Waals surface area (Å²) in [6, 6.07) is 6.55. The van der Waals surface area contributed by atoms with Gasteiger partial charge in [-0.15, -0.1) is 0 Å². The Morgan fingerprint density at radius 2 is 1.83 bits per heavy atom. The number of halogens is 1. The van der Waals surface area contributed by atoms with Crippen LogP contribution in [0.4, 0.5) is 0 Å². The van der Waals surface area contributed by atoms with Crippen molar-refractivity contribution in [2.75, 3.05) is 19.6 Å². The van der Waals surface area contributed by atoms with E-state index < -0.39 is 10.0 Å². The Bertz CT molecular complexity index is 899. The Kier molecular flexibility index (Phi) is 5.28. The molecule has 5 nitrogen and oxygen atoms in total. The predicted molar refractivity (Wildman–Crippen MR) is 114 cm³/mol. The third kappa shape index (κ3) is 4.08. The molecule has 2 saturated heterocycles. The van der Waals surface area contributed by atoms with Gasteiger partial charge >= 0.3 is 0 Å². The molecule has 0 aromatic heterocycles. The van der Waals surface area contributed by atoms with Crippen molar-refractivity contribution in [3.8, 4) is 0 Å². The number of carbonyl (C=O) groups is 1. The lowest BCUT2D eigenvalue weighted by Crippen LogP contribution is -2.48. The molecule has 29 heavy (non-hydrogen) atoms. The second-order valence-electron chi connectivity index (χ2n) is 10.3. The first-order chi connectivity index (χ1) is 13.5. The standard InChI is InChI=1S/C22H31ClN2O3S/c1-21(2)11-18-12-22(3,14-21)15-25(18)20(26)16-5-4-10-24(13-16)29(27,28)19-8-6-17(23)7-9-19/h6-9,16,18H,4-5,10-15H2,1-3H3/t16-,18+,22-/m1/s1. The van der Waals surface area contributed by atoms with E-state index in [9.17, 15) is 13.2 Å². The van der Waals surface area contributed by atoms with Crippen LogP contribution in [0, 0.1) is 16.7 Å². The zero-order valence-corrected chi connectivity index (χ0v) is 19.1. The molecule has 3 atom stereocenters. The van der Waals surface area contributed by atoms with Gasteiger partial charge in [0.25, 0.3) is 0 Å². The van der Waals surface area contributed by atoms with Gasteiger partial charge in [0.2, 0.25) is 15.9 Å². The molecule has 0 spiro atoms. The van der Waals surface area contributed by atoms with Gasteiger partial charge in [-0.2, -0.15) is 4.31 Å². The highest BCUT2D eigenvalue weighted by Gasteiger charge is 2.52. The first kappa shape index (κ1) is 21.1. The molecule has 7 heteroatoms. The number of sulfonamides is 1. The van der Waals surface area contributed by atoms with Crippen LogP contribution in [-0.4, -0.2) is 49.2 Å². The molecule has 0 radical (unpaired) electrons. The number of benzene rings is 1. The molecule has 2 bridgehead atoms. The molecule has 1 aromatic rings. The van der Waals surface area contributed by atoms with E-state index in [0.29, 0.717) is 24.0 Å². The third-order valence-electron chi connectivity index (χ3n) is 6.88. The molecule has 3 aliphatic rings. The Morgan fingerprint density at radius 1 is 1.14 bits per heavy atom. The first-order valence-electron chi connectivity index (χ1n) is 10.6. The number of rotatable bonds is 3. The minimum absolute atomic E-state index is 0.146. The van der Waals surface area contributed by atoms with Crippen molar-refractivity contribution in [2.24, 2.45) is 16.7 Å². The van der Waals surface area contributed by atoms with Crippen LogP contribution >= 0.6 is 11.6 Å². The molecule has 1 aliphatic carbocycles. The van der Waals surface area contributed by atoms with Crippen LogP contribution < -0.4 is 0 Å². The fraction of sp³-hybridized carbons (Fsp3) is 0.682. The minimum atomic E-state index is -3.61. The van der Waals surface area contributed by atoms with Crippen LogP contribution in [-0.2, 0) is 14.8 Å². The molecule has 1 amide bonds. The highest BCUT2D eigenvalue weighted by Crippen LogP contribution is 2.52. The average molecular weight is 439 g/mol. The maximum Gasteiger partial charge on any atom is 0.243 e. The van der Waals surface area contributed by atoms with E-state index in [-0.39, 0.29) is 34.1 Å². The maximum atomic E-state index is 13.4. The highest BCUT2D eigenvalue weighted by atomic mass is 35.5. The van der Waals surface area contributed by atoms with Gasteiger partial charge in [0.15, 0.2) is 0 Å². The van der Waals surface area contributed by atoms with Crippen LogP contribution in [0.15, 0.2) is 29.2 Å². The fourth-order valence-electron chi connectivity index (χ4n) is 6.07. The lowest BCUT2D eigenvalue weighted by atomic mass is 9.65. The molecule has 1 aromatic carbocycles. The average Bonchev–Trinajstić information content (AvgIpc) is 2.90. The molecule has 160 valence electrons. The summed E-state index contributed by atoms with van der Waals surface area (Å²) in [5.41, 5.74) is 0.440. The lowest BCUT2D eigenvalue weighted by molar-refractivity contribution is -0.137. The number of likely N-dealkylation sites (tertiary alicyclic amines) is 1. The van der Waals surface area contributed by atoms with E-state index in [1.54, 1.807) is 12.1 Å². The molecule has 0 N–H and O–H groups in total. The fourth-order valence-corrected chi connectivity index (χ4v) is 7.72. The van der Waals surface area contributed by atoms with E-state index in [0.717, 1.165) is 32.2 Å². The summed E-state index contributed by atoms with van der Waals surface area (Å²) in [4.78, 5) is 15.8. The SMILES string of the molecule is CC1(C)C[C@H]2C[C@@](C)(CN2C(=O)[C@@H]2CCCN(S(=O)(=O)c3ccc(Cl)cc3)C2)C1. The molecular formula is C22H31ClN2O3S. The number of amides is 1. The van der Waals surface area contributed by atoms with E-state index in [2.05, 4.69) is 25.7 Å². The Morgan fingerprint density at radius 3 is 2.52 bits per heavy atom. The summed E-state index contributed by atoms with van der Waals surface area (Å²) in [5.74, 6) is -0.107. The zero-order valence-electron chi connectivity index (χ0n) is 17.5. The van der Waals surface area contributed by atoms with E-state index in [1.807, 2.05) is 0 Å². The molecule has 1 saturated carbocycles. The Labute approximate surface area is 179 Å². The van der Waals surface area contributed by atoms with Crippen molar-refractivity contribution in [1.29, 1.82) is 0 Å². The monoisotopic (exact) mass is 438 g/mol. The van der Waals surface area contributed by atoms with Crippen LogP contribution in [0.1, 0.15) is 52.9 Å². The van der Waals surface area contributed by atoms with E-state index in [4.69, 9.17) is 11.6 Å². The van der Waals surface area contributed by atoms with Crippen molar-refractivity contribution in [3.63, 3.8) is 0 Å². The van der Waals surface area contributed by atoms with Crippen molar-refractivity contribution in [2.45, 2.75) is 63.8 Å². The number of hydrogen-bond donors (Lipinski definition) is 0. The number of hydrogen-bond acceptors (Lipinski definition) is 3. The van der Waals surface area contributed by atoms with Gasteiger partial charge in [-0.3, -0.25) is 4.79 Å². The van der Waals surface area contributed by atoms with Gasteiger partial charge in [0, 0.05) is 30.7 Å². The highest BCUT2D eigenvalue weighted by molar-refractivity contribution is 7.89. The summed E-state index contributed by atoms with van der Waals surface area (Å²) in [5, 5.41) is 0.507. The summed E-state index contributed by atoms with van der Waals surface area (Å²) in [6.07, 6.45) is 4.72. The summed E-state index contributed by atoms with van der Waals surface area (Å²) < 4.78 is 27.6. The largest absolute Gasteiger partial charge is 0.339 e. The van der Waals surface area contributed by atoms with Gasteiger partial charge in [-0.05, 0) is 67.2 Å². The normalized spacial score (nSPS) is 32.3. The second-order valence-corrected chi connectivity index (χ2v) is 12.7. The van der Waals surface area contributed by atoms with Crippen molar-refractivity contribution < 1.29 is 13.2 Å². The molecular weight excluding hydrogens is 408 g/mol. The summed E-state index contributed by atoms with van der Waals surface area (Å²) in [7, 11) is -3.61. The van der Waals surface area contributed by atoms with Crippen LogP contribution in [0.25, 0.3) is 0 Å².